The van der Waals surface area contributed by atoms with E-state index in [-0.39, 0.29) is 17.4 Å². The van der Waals surface area contributed by atoms with Crippen molar-refractivity contribution in [1.29, 1.82) is 0 Å². The van der Waals surface area contributed by atoms with Crippen LogP contribution in [0.15, 0.2) is 11.4 Å². The molecule has 1 aliphatic rings. The number of imidazole rings is 1. The summed E-state index contributed by atoms with van der Waals surface area (Å²) in [7, 11) is -2.07. The van der Waals surface area contributed by atoms with Crippen molar-refractivity contribution < 1.29 is 13.5 Å². The van der Waals surface area contributed by atoms with Crippen LogP contribution < -0.4 is 5.73 Å². The molecule has 7 nitrogen and oxygen atoms in total. The highest BCUT2D eigenvalue weighted by atomic mass is 32.2. The van der Waals surface area contributed by atoms with Crippen LogP contribution in [0.3, 0.4) is 0 Å². The average molecular weight is 246 g/mol. The molecule has 1 fully saturated rings. The van der Waals surface area contributed by atoms with Crippen molar-refractivity contribution in [1.82, 2.24) is 13.9 Å². The van der Waals surface area contributed by atoms with E-state index in [4.69, 9.17) is 5.73 Å². The Balaban J connectivity index is 2.40. The average Bonchev–Trinajstić information content (AvgIpc) is 2.74. The minimum atomic E-state index is -3.64. The van der Waals surface area contributed by atoms with Gasteiger partial charge in [-0.05, 0) is 6.42 Å². The standard InChI is InChI=1S/C8H14N4O3S/c1-11-5-10-7(9)8(11)16(14,15)12-3-2-6(13)4-12/h5-6,13H,2-4,9H2,1H3/t6-/m0/s1. The van der Waals surface area contributed by atoms with Gasteiger partial charge < -0.3 is 15.4 Å². The molecule has 0 unspecified atom stereocenters. The van der Waals surface area contributed by atoms with Gasteiger partial charge in [-0.15, -0.1) is 0 Å². The van der Waals surface area contributed by atoms with Crippen LogP contribution in [0.5, 0.6) is 0 Å². The first kappa shape index (κ1) is 11.4. The van der Waals surface area contributed by atoms with Crippen molar-refractivity contribution >= 4 is 15.8 Å². The molecule has 2 rings (SSSR count). The number of nitrogens with zero attached hydrogens (tertiary/aromatic N) is 3. The molecule has 0 amide bonds. The Bertz CT molecular complexity index is 476. The predicted octanol–water partition coefficient (Wildman–Crippen LogP) is -1.24. The number of sulfonamides is 1. The zero-order chi connectivity index (χ0) is 11.9. The summed E-state index contributed by atoms with van der Waals surface area (Å²) in [5, 5.41) is 9.33. The molecule has 0 aliphatic carbocycles. The van der Waals surface area contributed by atoms with Crippen LogP contribution in [0.25, 0.3) is 0 Å². The third kappa shape index (κ3) is 1.68. The number of aliphatic hydroxyl groups excluding tert-OH is 1. The number of aliphatic hydroxyl groups is 1. The summed E-state index contributed by atoms with van der Waals surface area (Å²) < 4.78 is 26.9. The van der Waals surface area contributed by atoms with Crippen molar-refractivity contribution in [3.05, 3.63) is 6.33 Å². The zero-order valence-electron chi connectivity index (χ0n) is 8.87. The number of aromatic nitrogens is 2. The van der Waals surface area contributed by atoms with Gasteiger partial charge in [0.25, 0.3) is 10.0 Å². The zero-order valence-corrected chi connectivity index (χ0v) is 9.68. The molecule has 1 saturated heterocycles. The fourth-order valence-electron chi connectivity index (χ4n) is 1.80. The van der Waals surface area contributed by atoms with Crippen LogP contribution >= 0.6 is 0 Å². The van der Waals surface area contributed by atoms with E-state index >= 15 is 0 Å². The molecule has 0 aromatic carbocycles. The van der Waals surface area contributed by atoms with Crippen molar-refractivity contribution in [3.8, 4) is 0 Å². The van der Waals surface area contributed by atoms with Gasteiger partial charge in [-0.1, -0.05) is 0 Å². The summed E-state index contributed by atoms with van der Waals surface area (Å²) in [6.07, 6.45) is 1.22. The van der Waals surface area contributed by atoms with Crippen molar-refractivity contribution in [2.45, 2.75) is 17.6 Å². The van der Waals surface area contributed by atoms with E-state index in [1.165, 1.54) is 15.2 Å². The van der Waals surface area contributed by atoms with Gasteiger partial charge in [0.15, 0.2) is 10.8 Å². The molecule has 0 spiro atoms. The van der Waals surface area contributed by atoms with Gasteiger partial charge in [0.05, 0.1) is 12.4 Å². The topological polar surface area (TPSA) is 101 Å². The Labute approximate surface area is 93.5 Å². The minimum absolute atomic E-state index is 0.0103. The first-order valence-electron chi connectivity index (χ1n) is 4.88. The van der Waals surface area contributed by atoms with E-state index in [1.807, 2.05) is 0 Å². The van der Waals surface area contributed by atoms with Gasteiger partial charge in [0.2, 0.25) is 0 Å². The van der Waals surface area contributed by atoms with Gasteiger partial charge in [-0.25, -0.2) is 13.4 Å². The summed E-state index contributed by atoms with van der Waals surface area (Å²) >= 11 is 0. The van der Waals surface area contributed by atoms with Crippen LogP contribution in [0, 0.1) is 0 Å². The molecular weight excluding hydrogens is 232 g/mol. The van der Waals surface area contributed by atoms with E-state index < -0.39 is 16.1 Å². The van der Waals surface area contributed by atoms with Crippen molar-refractivity contribution in [2.24, 2.45) is 7.05 Å². The van der Waals surface area contributed by atoms with Crippen LogP contribution in [0.4, 0.5) is 5.82 Å². The van der Waals surface area contributed by atoms with Gasteiger partial charge in [0, 0.05) is 20.1 Å². The number of anilines is 1. The molecule has 1 aromatic rings. The highest BCUT2D eigenvalue weighted by Crippen LogP contribution is 2.24. The quantitative estimate of drug-likeness (QED) is 0.679. The molecule has 16 heavy (non-hydrogen) atoms. The summed E-state index contributed by atoms with van der Waals surface area (Å²) in [4.78, 5) is 3.75. The van der Waals surface area contributed by atoms with Crippen LogP contribution in [-0.4, -0.2) is 46.6 Å². The summed E-state index contributed by atoms with van der Waals surface area (Å²) in [6, 6.07) is 0. The van der Waals surface area contributed by atoms with E-state index in [0.717, 1.165) is 0 Å². The smallest absolute Gasteiger partial charge is 0.262 e. The minimum Gasteiger partial charge on any atom is -0.392 e. The lowest BCUT2D eigenvalue weighted by molar-refractivity contribution is 0.189. The maximum absolute atomic E-state index is 12.2. The summed E-state index contributed by atoms with van der Waals surface area (Å²) in [5.41, 5.74) is 5.53. The molecule has 1 aromatic heterocycles. The normalized spacial score (nSPS) is 22.8. The Morgan fingerprint density at radius 2 is 2.31 bits per heavy atom. The second kappa shape index (κ2) is 3.72. The van der Waals surface area contributed by atoms with E-state index in [1.54, 1.807) is 7.05 Å². The fourth-order valence-corrected chi connectivity index (χ4v) is 3.49. The Morgan fingerprint density at radius 3 is 2.75 bits per heavy atom. The number of hydrogen-bond donors (Lipinski definition) is 2. The molecule has 8 heteroatoms. The molecule has 90 valence electrons. The number of hydrogen-bond acceptors (Lipinski definition) is 5. The Hall–Kier alpha value is -1.12. The third-order valence-corrected chi connectivity index (χ3v) is 4.62. The van der Waals surface area contributed by atoms with Gasteiger partial charge in [-0.2, -0.15) is 4.31 Å². The lowest BCUT2D eigenvalue weighted by atomic mass is 10.3. The van der Waals surface area contributed by atoms with E-state index in [2.05, 4.69) is 4.98 Å². The molecular formula is C8H14N4O3S. The Morgan fingerprint density at radius 1 is 1.62 bits per heavy atom. The maximum atomic E-state index is 12.2. The van der Waals surface area contributed by atoms with Gasteiger partial charge >= 0.3 is 0 Å². The second-order valence-electron chi connectivity index (χ2n) is 3.85. The number of nitrogen functional groups attached to an aromatic ring is 1. The number of β-amino-alcohol motifs (C(OH)–C–C–N with tert-alkyl or cyclic N) is 1. The molecule has 3 N–H and O–H groups in total. The SMILES string of the molecule is Cn1cnc(N)c1S(=O)(=O)N1CC[C@H](O)C1. The predicted molar refractivity (Wildman–Crippen MR) is 57.0 cm³/mol. The Kier molecular flexibility index (Phi) is 2.64. The molecule has 0 radical (unpaired) electrons. The van der Waals surface area contributed by atoms with Crippen molar-refractivity contribution in [3.63, 3.8) is 0 Å². The summed E-state index contributed by atoms with van der Waals surface area (Å²) in [5.74, 6) is -0.0103. The molecule has 0 saturated carbocycles. The largest absolute Gasteiger partial charge is 0.392 e. The van der Waals surface area contributed by atoms with Crippen LogP contribution in [0.2, 0.25) is 0 Å². The molecule has 1 aliphatic heterocycles. The first-order valence-corrected chi connectivity index (χ1v) is 6.32. The summed E-state index contributed by atoms with van der Waals surface area (Å²) in [6.45, 7) is 0.432. The molecule has 1 atom stereocenters. The van der Waals surface area contributed by atoms with Crippen LogP contribution in [0.1, 0.15) is 6.42 Å². The first-order chi connectivity index (χ1) is 7.43. The highest BCUT2D eigenvalue weighted by molar-refractivity contribution is 7.89. The lowest BCUT2D eigenvalue weighted by Crippen LogP contribution is -2.31. The lowest BCUT2D eigenvalue weighted by Gasteiger charge is -2.15. The van der Waals surface area contributed by atoms with Gasteiger partial charge in [-0.3, -0.25) is 0 Å². The monoisotopic (exact) mass is 246 g/mol. The third-order valence-electron chi connectivity index (χ3n) is 2.62. The fraction of sp³-hybridized carbons (Fsp3) is 0.625. The molecule has 2 heterocycles. The number of aryl methyl sites for hydroxylation is 1. The molecule has 0 bridgehead atoms. The van der Waals surface area contributed by atoms with Gasteiger partial charge in [0.1, 0.15) is 0 Å². The second-order valence-corrected chi connectivity index (χ2v) is 5.70. The van der Waals surface area contributed by atoms with E-state index in [9.17, 15) is 13.5 Å². The van der Waals surface area contributed by atoms with Crippen LogP contribution in [-0.2, 0) is 17.1 Å². The number of rotatable bonds is 2. The van der Waals surface area contributed by atoms with Crippen molar-refractivity contribution in [2.75, 3.05) is 18.8 Å². The highest BCUT2D eigenvalue weighted by Gasteiger charge is 2.34. The number of nitrogens with two attached hydrogens (primary N) is 1. The van der Waals surface area contributed by atoms with E-state index in [0.29, 0.717) is 13.0 Å². The maximum Gasteiger partial charge on any atom is 0.262 e.